The van der Waals surface area contributed by atoms with E-state index < -0.39 is 5.41 Å². The highest BCUT2D eigenvalue weighted by atomic mass is 19.1. The smallest absolute Gasteiger partial charge is 0.230 e. The normalized spacial score (nSPS) is 11.8. The lowest BCUT2D eigenvalue weighted by Crippen LogP contribution is -2.40. The topological polar surface area (TPSA) is 44.9 Å². The van der Waals surface area contributed by atoms with Crippen molar-refractivity contribution in [3.8, 4) is 0 Å². The number of hydrogen-bond donors (Lipinski definition) is 2. The van der Waals surface area contributed by atoms with Gasteiger partial charge in [-0.05, 0) is 44.0 Å². The number of nitrogens with one attached hydrogen (secondary N) is 2. The molecule has 1 aromatic heterocycles. The van der Waals surface area contributed by atoms with Gasteiger partial charge in [0.25, 0.3) is 0 Å². The SMILES string of the molecule is CCCNC(=O)C(C)(C)c1c[nH]c2ccc(F)cc12. The summed E-state index contributed by atoms with van der Waals surface area (Å²) in [7, 11) is 0. The van der Waals surface area contributed by atoms with Crippen molar-refractivity contribution in [2.24, 2.45) is 0 Å². The highest BCUT2D eigenvalue weighted by Gasteiger charge is 2.31. The summed E-state index contributed by atoms with van der Waals surface area (Å²) >= 11 is 0. The predicted octanol–water partition coefficient (Wildman–Crippen LogP) is 3.11. The molecule has 0 bridgehead atoms. The van der Waals surface area contributed by atoms with E-state index in [1.165, 1.54) is 12.1 Å². The van der Waals surface area contributed by atoms with Gasteiger partial charge in [0.1, 0.15) is 5.82 Å². The molecule has 19 heavy (non-hydrogen) atoms. The van der Waals surface area contributed by atoms with Gasteiger partial charge >= 0.3 is 0 Å². The Balaban J connectivity index is 2.42. The van der Waals surface area contributed by atoms with Crippen molar-refractivity contribution in [1.29, 1.82) is 0 Å². The fourth-order valence-electron chi connectivity index (χ4n) is 2.19. The Hall–Kier alpha value is -1.84. The van der Waals surface area contributed by atoms with Crippen LogP contribution in [0.3, 0.4) is 0 Å². The lowest BCUT2D eigenvalue weighted by atomic mass is 9.83. The van der Waals surface area contributed by atoms with E-state index >= 15 is 0 Å². The summed E-state index contributed by atoms with van der Waals surface area (Å²) in [6.45, 7) is 6.37. The van der Waals surface area contributed by atoms with Crippen molar-refractivity contribution in [1.82, 2.24) is 10.3 Å². The van der Waals surface area contributed by atoms with Gasteiger partial charge in [0.05, 0.1) is 5.41 Å². The molecular weight excluding hydrogens is 243 g/mol. The number of hydrogen-bond acceptors (Lipinski definition) is 1. The second-order valence-corrected chi connectivity index (χ2v) is 5.27. The molecule has 0 saturated carbocycles. The lowest BCUT2D eigenvalue weighted by molar-refractivity contribution is -0.125. The summed E-state index contributed by atoms with van der Waals surface area (Å²) in [6, 6.07) is 4.57. The zero-order valence-corrected chi connectivity index (χ0v) is 11.5. The molecule has 0 fully saturated rings. The molecule has 1 amide bonds. The molecule has 3 nitrogen and oxygen atoms in total. The van der Waals surface area contributed by atoms with E-state index in [9.17, 15) is 9.18 Å². The van der Waals surface area contributed by atoms with Gasteiger partial charge in [-0.15, -0.1) is 0 Å². The van der Waals surface area contributed by atoms with Crippen LogP contribution in [0, 0.1) is 5.82 Å². The Morgan fingerprint density at radius 3 is 2.84 bits per heavy atom. The van der Waals surface area contributed by atoms with Crippen LogP contribution in [0.15, 0.2) is 24.4 Å². The molecule has 0 atom stereocenters. The number of carbonyl (C=O) groups excluding carboxylic acids is 1. The number of amides is 1. The van der Waals surface area contributed by atoms with Gasteiger partial charge in [-0.3, -0.25) is 4.79 Å². The minimum Gasteiger partial charge on any atom is -0.361 e. The Morgan fingerprint density at radius 2 is 2.16 bits per heavy atom. The Morgan fingerprint density at radius 1 is 1.42 bits per heavy atom. The Bertz CT molecular complexity index is 601. The molecule has 102 valence electrons. The maximum Gasteiger partial charge on any atom is 0.230 e. The second-order valence-electron chi connectivity index (χ2n) is 5.27. The van der Waals surface area contributed by atoms with Crippen molar-refractivity contribution < 1.29 is 9.18 Å². The van der Waals surface area contributed by atoms with Crippen LogP contribution in [0.5, 0.6) is 0 Å². The molecule has 0 spiro atoms. The molecule has 0 radical (unpaired) electrons. The first-order chi connectivity index (χ1) is 8.96. The number of halogens is 1. The molecule has 4 heteroatoms. The van der Waals surface area contributed by atoms with Crippen LogP contribution in [0.2, 0.25) is 0 Å². The summed E-state index contributed by atoms with van der Waals surface area (Å²) in [5.41, 5.74) is 0.963. The van der Waals surface area contributed by atoms with E-state index in [1.807, 2.05) is 20.8 Å². The number of H-pyrrole nitrogens is 1. The van der Waals surface area contributed by atoms with Gasteiger partial charge in [0.15, 0.2) is 0 Å². The van der Waals surface area contributed by atoms with E-state index in [4.69, 9.17) is 0 Å². The summed E-state index contributed by atoms with van der Waals surface area (Å²) in [5.74, 6) is -0.336. The van der Waals surface area contributed by atoms with Crippen LogP contribution in [0.25, 0.3) is 10.9 Å². The first-order valence-corrected chi connectivity index (χ1v) is 6.52. The maximum absolute atomic E-state index is 13.4. The third kappa shape index (κ3) is 2.48. The lowest BCUT2D eigenvalue weighted by Gasteiger charge is -2.23. The average Bonchev–Trinajstić information content (AvgIpc) is 2.79. The number of fused-ring (bicyclic) bond motifs is 1. The van der Waals surface area contributed by atoms with Gasteiger partial charge in [-0.2, -0.15) is 0 Å². The van der Waals surface area contributed by atoms with Crippen molar-refractivity contribution >= 4 is 16.8 Å². The molecule has 0 unspecified atom stereocenters. The van der Waals surface area contributed by atoms with Gasteiger partial charge < -0.3 is 10.3 Å². The number of rotatable bonds is 4. The van der Waals surface area contributed by atoms with Crippen LogP contribution in [0.1, 0.15) is 32.8 Å². The quantitative estimate of drug-likeness (QED) is 0.873. The fourth-order valence-corrected chi connectivity index (χ4v) is 2.19. The molecule has 1 aromatic carbocycles. The summed E-state index contributed by atoms with van der Waals surface area (Å²) in [5, 5.41) is 3.65. The molecule has 0 aliphatic carbocycles. The first-order valence-electron chi connectivity index (χ1n) is 6.52. The minimum absolute atomic E-state index is 0.0421. The average molecular weight is 262 g/mol. The summed E-state index contributed by atoms with van der Waals surface area (Å²) in [6.07, 6.45) is 2.68. The van der Waals surface area contributed by atoms with E-state index in [0.29, 0.717) is 6.54 Å². The summed E-state index contributed by atoms with van der Waals surface area (Å²) in [4.78, 5) is 15.3. The highest BCUT2D eigenvalue weighted by Crippen LogP contribution is 2.31. The van der Waals surface area contributed by atoms with Crippen LogP contribution in [0.4, 0.5) is 4.39 Å². The highest BCUT2D eigenvalue weighted by molar-refractivity contribution is 5.94. The molecule has 0 saturated heterocycles. The second kappa shape index (κ2) is 5.03. The zero-order chi connectivity index (χ0) is 14.0. The van der Waals surface area contributed by atoms with E-state index in [1.54, 1.807) is 12.3 Å². The van der Waals surface area contributed by atoms with Gasteiger partial charge in [0, 0.05) is 23.6 Å². The molecule has 1 heterocycles. The Labute approximate surface area is 112 Å². The van der Waals surface area contributed by atoms with Crippen LogP contribution in [-0.4, -0.2) is 17.4 Å². The third-order valence-electron chi connectivity index (χ3n) is 3.42. The molecule has 2 rings (SSSR count). The Kier molecular flexibility index (Phi) is 3.60. The number of benzene rings is 1. The first kappa shape index (κ1) is 13.6. The number of aromatic nitrogens is 1. The van der Waals surface area contributed by atoms with E-state index in [2.05, 4.69) is 10.3 Å². The van der Waals surface area contributed by atoms with Crippen LogP contribution in [-0.2, 0) is 10.2 Å². The predicted molar refractivity (Wildman–Crippen MR) is 74.6 cm³/mol. The van der Waals surface area contributed by atoms with E-state index in [0.717, 1.165) is 22.9 Å². The minimum atomic E-state index is -0.693. The molecular formula is C15H19FN2O. The van der Waals surface area contributed by atoms with Gasteiger partial charge in [-0.25, -0.2) is 4.39 Å². The molecule has 2 N–H and O–H groups in total. The fraction of sp³-hybridized carbons (Fsp3) is 0.400. The van der Waals surface area contributed by atoms with Crippen molar-refractivity contribution in [3.05, 3.63) is 35.8 Å². The van der Waals surface area contributed by atoms with Crippen molar-refractivity contribution in [2.75, 3.05) is 6.54 Å². The molecule has 2 aromatic rings. The standard InChI is InChI=1S/C15H19FN2O/c1-4-7-17-14(19)15(2,3)12-9-18-13-6-5-10(16)8-11(12)13/h5-6,8-9,18H,4,7H2,1-3H3,(H,17,19). The maximum atomic E-state index is 13.4. The summed E-state index contributed by atoms with van der Waals surface area (Å²) < 4.78 is 13.4. The number of carbonyl (C=O) groups is 1. The largest absolute Gasteiger partial charge is 0.361 e. The monoisotopic (exact) mass is 262 g/mol. The molecule has 0 aliphatic heterocycles. The number of aromatic amines is 1. The molecule has 0 aliphatic rings. The van der Waals surface area contributed by atoms with E-state index in [-0.39, 0.29) is 11.7 Å². The van der Waals surface area contributed by atoms with Gasteiger partial charge in [-0.1, -0.05) is 6.92 Å². The van der Waals surface area contributed by atoms with Crippen LogP contribution < -0.4 is 5.32 Å². The van der Waals surface area contributed by atoms with Gasteiger partial charge in [0.2, 0.25) is 5.91 Å². The van der Waals surface area contributed by atoms with Crippen LogP contribution >= 0.6 is 0 Å². The zero-order valence-electron chi connectivity index (χ0n) is 11.5. The van der Waals surface area contributed by atoms with Crippen molar-refractivity contribution in [3.63, 3.8) is 0 Å². The van der Waals surface area contributed by atoms with Crippen molar-refractivity contribution in [2.45, 2.75) is 32.6 Å². The third-order valence-corrected chi connectivity index (χ3v) is 3.42.